The Morgan fingerprint density at radius 3 is 0.811 bits per heavy atom. The molecule has 148 heavy (non-hydrogen) atoms. The van der Waals surface area contributed by atoms with Crippen LogP contribution < -0.4 is 21.3 Å². The van der Waals surface area contributed by atoms with Gasteiger partial charge in [-0.3, -0.25) is 64.8 Å². The summed E-state index contributed by atoms with van der Waals surface area (Å²) in [5.74, 6) is 1.80. The van der Waals surface area contributed by atoms with Crippen LogP contribution in [0.1, 0.15) is 149 Å². The van der Waals surface area contributed by atoms with E-state index in [1.54, 1.807) is 154 Å². The normalized spacial score (nSPS) is 15.9. The number of piperidine rings is 2. The van der Waals surface area contributed by atoms with Crippen molar-refractivity contribution in [3.05, 3.63) is 384 Å². The molecule has 0 bridgehead atoms. The summed E-state index contributed by atoms with van der Waals surface area (Å²) in [7, 11) is 0. The Labute approximate surface area is 930 Å². The first-order valence-corrected chi connectivity index (χ1v) is 54.9. The van der Waals surface area contributed by atoms with Gasteiger partial charge in [0.2, 0.25) is 0 Å². The summed E-state index contributed by atoms with van der Waals surface area (Å²) < 4.78 is 12.0. The van der Waals surface area contributed by atoms with Crippen molar-refractivity contribution in [2.24, 2.45) is 22.3 Å². The summed E-state index contributed by atoms with van der Waals surface area (Å²) in [6.45, 7) is 22.5. The molecule has 4 fully saturated rings. The van der Waals surface area contributed by atoms with Crippen LogP contribution >= 0.6 is 164 Å². The van der Waals surface area contributed by atoms with Crippen LogP contribution in [0.5, 0.6) is 0 Å². The molecule has 0 saturated carbocycles. The predicted molar refractivity (Wildman–Crippen MR) is 601 cm³/mol. The maximum atomic E-state index is 6.70. The molecule has 4 aliphatic heterocycles. The van der Waals surface area contributed by atoms with Crippen LogP contribution in [0.2, 0.25) is 40.4 Å². The van der Waals surface area contributed by atoms with Crippen molar-refractivity contribution >= 4 is 176 Å². The van der Waals surface area contributed by atoms with Gasteiger partial charge in [0.05, 0.1) is 133 Å². The zero-order valence-corrected chi connectivity index (χ0v) is 93.5. The lowest BCUT2D eigenvalue weighted by molar-refractivity contribution is 0.0973. The van der Waals surface area contributed by atoms with Crippen molar-refractivity contribution in [3.8, 4) is 0 Å². The highest BCUT2D eigenvalue weighted by Crippen LogP contribution is 2.47. The smallest absolute Gasteiger partial charge is 0.147 e. The van der Waals surface area contributed by atoms with E-state index >= 15 is 0 Å². The summed E-state index contributed by atoms with van der Waals surface area (Å²) in [5, 5.41) is 7.62. The van der Waals surface area contributed by atoms with Gasteiger partial charge in [-0.1, -0.05) is 242 Å². The van der Waals surface area contributed by atoms with Crippen LogP contribution in [0.4, 0.5) is 11.6 Å². The lowest BCUT2D eigenvalue weighted by Gasteiger charge is -2.41. The quantitative estimate of drug-likeness (QED) is 0.0419. The van der Waals surface area contributed by atoms with Crippen LogP contribution in [0.3, 0.4) is 0 Å². The minimum Gasteiger partial charge on any atom is -0.376 e. The Morgan fingerprint density at radius 2 is 0.574 bits per heavy atom. The third kappa shape index (κ3) is 34.0. The number of nitrogens with zero attached hydrogens (tertiary/aromatic N) is 22. The summed E-state index contributed by atoms with van der Waals surface area (Å²) in [6, 6.07) is 36.2. The second kappa shape index (κ2) is 55.8. The number of anilines is 2. The number of ether oxygens (including phenoxy) is 2. The molecule has 4 N–H and O–H groups in total. The summed E-state index contributed by atoms with van der Waals surface area (Å²) in [6.07, 6.45) is 54.1. The van der Waals surface area contributed by atoms with Crippen molar-refractivity contribution in [2.75, 3.05) is 49.2 Å². The Kier molecular flexibility index (Phi) is 42.9. The van der Waals surface area contributed by atoms with Crippen LogP contribution in [-0.4, -0.2) is 173 Å². The maximum Gasteiger partial charge on any atom is 0.147 e. The third-order valence-corrected chi connectivity index (χ3v) is 33.3. The standard InChI is InChI=1S/2C24H27ClN6OS.C15H10Cl2N4S.2C15H17ClN2S.C11H9ClN2S.C4H3ClN2/c2*1-16-23(26)24(15-32-16)5-9-31(10-6-24)20-13-30-21(14-29-20)33-19-4-2-3-17(22(19)25)11-18-12-27-7-8-28-18;16-13-8-21-14(9-20-13)22-12-3-1-2-10(15(12)17)6-11-7-18-4-5-19-11;2*1-15(2,3)19-13-6-4-5-11(14(13)16)9-12-10-17-7-8-18-12;12-11-8(2-1-3-10(11)15)6-9-7-13-4-5-14-9;5-4-3-6-1-2-7-4/h2*2-4,7-8,12-14,16,23H,5-6,9-11,15,26H2,1H3;1-5,7-9H,6H2;2*4-8,10H,9H2,1-3H3;1-5,7,15H,6H2;1-3H/t2*16-,23+;;;;;/m00...../s1. The molecule has 26 nitrogen and oxygen atoms in total. The number of halogens is 8. The van der Waals surface area contributed by atoms with E-state index in [4.69, 9.17) is 114 Å². The van der Waals surface area contributed by atoms with E-state index in [2.05, 4.69) is 190 Å². The first-order valence-electron chi connectivity index (χ1n) is 47.4. The molecule has 6 aromatic carbocycles. The van der Waals surface area contributed by atoms with Gasteiger partial charge in [-0.05, 0) is 109 Å². The highest BCUT2D eigenvalue weighted by atomic mass is 35.5. The Hall–Kier alpha value is -10.0. The van der Waals surface area contributed by atoms with Crippen LogP contribution in [0, 0.1) is 10.8 Å². The van der Waals surface area contributed by atoms with E-state index in [0.29, 0.717) is 68.9 Å². The monoisotopic (exact) mass is 2250 g/mol. The molecule has 0 radical (unpaired) electrons. The molecule has 0 aliphatic carbocycles. The maximum absolute atomic E-state index is 6.70. The van der Waals surface area contributed by atoms with Crippen molar-refractivity contribution in [2.45, 2.75) is 198 Å². The molecule has 40 heteroatoms. The minimum absolute atomic E-state index is 0.103. The van der Waals surface area contributed by atoms with Crippen molar-refractivity contribution in [3.63, 3.8) is 0 Å². The fourth-order valence-corrected chi connectivity index (χ4v) is 22.9. The van der Waals surface area contributed by atoms with Crippen LogP contribution in [0.25, 0.3) is 0 Å². The molecule has 14 heterocycles. The molecule has 16 aromatic rings. The Bertz CT molecular complexity index is 6580. The first kappa shape index (κ1) is 114. The fourth-order valence-electron chi connectivity index (χ4n) is 16.2. The summed E-state index contributed by atoms with van der Waals surface area (Å²) in [5.41, 5.74) is 24.7. The average molecular weight is 2250 g/mol. The molecule has 20 rings (SSSR count). The van der Waals surface area contributed by atoms with Crippen molar-refractivity contribution in [1.82, 2.24) is 99.7 Å². The molecular formula is C108H110Cl8N24O2S6. The third-order valence-electron chi connectivity index (χ3n) is 23.9. The van der Waals surface area contributed by atoms with Gasteiger partial charge in [0, 0.05) is 250 Å². The van der Waals surface area contributed by atoms with Gasteiger partial charge >= 0.3 is 0 Å². The van der Waals surface area contributed by atoms with Gasteiger partial charge in [0.1, 0.15) is 37.0 Å². The number of thiol groups is 1. The molecule has 10 aromatic heterocycles. The zero-order chi connectivity index (χ0) is 105. The van der Waals surface area contributed by atoms with Crippen molar-refractivity contribution < 1.29 is 9.47 Å². The van der Waals surface area contributed by atoms with Crippen molar-refractivity contribution in [1.29, 1.82) is 0 Å². The van der Waals surface area contributed by atoms with Gasteiger partial charge in [-0.2, -0.15) is 0 Å². The van der Waals surface area contributed by atoms with Crippen LogP contribution in [0.15, 0.2) is 321 Å². The van der Waals surface area contributed by atoms with Gasteiger partial charge < -0.3 is 30.7 Å². The molecule has 4 aliphatic rings. The van der Waals surface area contributed by atoms with E-state index in [0.717, 1.165) is 199 Å². The summed E-state index contributed by atoms with van der Waals surface area (Å²) in [4.78, 5) is 94.9. The first-order chi connectivity index (χ1) is 71.4. The van der Waals surface area contributed by atoms with Gasteiger partial charge in [0.15, 0.2) is 0 Å². The van der Waals surface area contributed by atoms with E-state index in [1.807, 2.05) is 122 Å². The van der Waals surface area contributed by atoms with Gasteiger partial charge in [-0.25, -0.2) is 34.9 Å². The second-order valence-corrected chi connectivity index (χ2v) is 47.2. The number of aromatic nitrogens is 20. The molecule has 766 valence electrons. The number of rotatable bonds is 22. The molecule has 4 saturated heterocycles. The number of hydrogen-bond donors (Lipinski definition) is 3. The van der Waals surface area contributed by atoms with E-state index in [9.17, 15) is 0 Å². The largest absolute Gasteiger partial charge is 0.376 e. The Balaban J connectivity index is 0.000000141. The number of benzene rings is 6. The molecular weight excluding hydrogens is 2140 g/mol. The Morgan fingerprint density at radius 1 is 0.311 bits per heavy atom. The van der Waals surface area contributed by atoms with E-state index in [1.165, 1.54) is 47.7 Å². The zero-order valence-electron chi connectivity index (χ0n) is 82.4. The second-order valence-electron chi connectivity index (χ2n) is 36.8. The highest BCUT2D eigenvalue weighted by molar-refractivity contribution is 8.01. The number of hydrogen-bond acceptors (Lipinski definition) is 32. The predicted octanol–water partition coefficient (Wildman–Crippen LogP) is 25.7. The van der Waals surface area contributed by atoms with Gasteiger partial charge in [-0.15, -0.1) is 36.2 Å². The number of thioether (sulfide) groups is 2. The topological polar surface area (TPSA) is 335 Å². The summed E-state index contributed by atoms with van der Waals surface area (Å²) >= 11 is 62.4. The van der Waals surface area contributed by atoms with Crippen LogP contribution in [-0.2, 0) is 48.0 Å². The van der Waals surface area contributed by atoms with Gasteiger partial charge in [0.25, 0.3) is 0 Å². The lowest BCUT2D eigenvalue weighted by atomic mass is 9.73. The molecule has 4 atom stereocenters. The number of nitrogens with two attached hydrogens (primary N) is 2. The molecule has 2 spiro atoms. The fraction of sp³-hybridized carbons (Fsp3) is 0.296. The highest BCUT2D eigenvalue weighted by Gasteiger charge is 2.49. The van der Waals surface area contributed by atoms with E-state index in [-0.39, 0.29) is 44.6 Å². The average Bonchev–Trinajstić information content (AvgIpc) is 1.62. The SMILES string of the molecule is CC(C)(C)Sc1cccc(Cc2cnccn2)c1Cl.CC(C)(C)Sc1cccc(Cc2cnccn2)c1Cl.C[C@@H]1OCC2(CCN(c3cnc(Sc4cccc(Cc5cnccn5)c4Cl)cn3)CC2)[C@@H]1N.C[C@@H]1OCC2(CCN(c3cnc(Sc4cccc(Cc5cnccn5)c4Cl)cn3)CC2)[C@@H]1N.Clc1cnc(Sc2cccc(Cc3cnccn3)c2Cl)cn1.Clc1cnccn1.Sc1cccc(Cc2cnccn2)c1Cl. The minimum atomic E-state index is 0.103. The lowest BCUT2D eigenvalue weighted by Crippen LogP contribution is -2.50. The molecule has 0 amide bonds. The molecule has 0 unspecified atom stereocenters. The van der Waals surface area contributed by atoms with E-state index < -0.39 is 0 Å².